The number of ether oxygens (including phenoxy) is 1. The van der Waals surface area contributed by atoms with Crippen LogP contribution in [0.4, 0.5) is 0 Å². The lowest BCUT2D eigenvalue weighted by atomic mass is 9.99. The van der Waals surface area contributed by atoms with Gasteiger partial charge in [-0.2, -0.15) is 0 Å². The summed E-state index contributed by atoms with van der Waals surface area (Å²) < 4.78 is 5.71. The molecule has 2 rings (SSSR count). The van der Waals surface area contributed by atoms with E-state index in [1.165, 1.54) is 11.1 Å². The van der Waals surface area contributed by atoms with Crippen molar-refractivity contribution in [3.8, 4) is 5.75 Å². The minimum Gasteiger partial charge on any atom is -0.491 e. The van der Waals surface area contributed by atoms with Gasteiger partial charge in [0.15, 0.2) is 0 Å². The molecular weight excluding hydrogens is 260 g/mol. The molecule has 0 aliphatic heterocycles. The topological polar surface area (TPSA) is 34.2 Å². The SMILES string of the molecule is CCCNC(c1ccncc1)c1ccc(OC(C)C)cc1. The zero-order chi connectivity index (χ0) is 15.1. The van der Waals surface area contributed by atoms with Gasteiger partial charge < -0.3 is 10.1 Å². The van der Waals surface area contributed by atoms with Crippen molar-refractivity contribution in [2.24, 2.45) is 0 Å². The third-order valence-electron chi connectivity index (χ3n) is 3.22. The predicted molar refractivity (Wildman–Crippen MR) is 86.6 cm³/mol. The summed E-state index contributed by atoms with van der Waals surface area (Å²) in [4.78, 5) is 4.10. The first-order valence-electron chi connectivity index (χ1n) is 7.60. The molecule has 0 bridgehead atoms. The Bertz CT molecular complexity index is 523. The Kier molecular flexibility index (Phi) is 5.76. The molecule has 1 aromatic heterocycles. The van der Waals surface area contributed by atoms with Crippen LogP contribution < -0.4 is 10.1 Å². The quantitative estimate of drug-likeness (QED) is 0.835. The Morgan fingerprint density at radius 2 is 1.62 bits per heavy atom. The largest absolute Gasteiger partial charge is 0.491 e. The Morgan fingerprint density at radius 3 is 2.19 bits per heavy atom. The first-order valence-corrected chi connectivity index (χ1v) is 7.60. The van der Waals surface area contributed by atoms with Crippen LogP contribution >= 0.6 is 0 Å². The Hall–Kier alpha value is -1.87. The van der Waals surface area contributed by atoms with Crippen LogP contribution in [-0.2, 0) is 0 Å². The monoisotopic (exact) mass is 284 g/mol. The maximum absolute atomic E-state index is 5.71. The standard InChI is InChI=1S/C18H24N2O/c1-4-11-20-18(16-9-12-19-13-10-16)15-5-7-17(8-6-15)21-14(2)3/h5-10,12-14,18,20H,4,11H2,1-3H3. The molecule has 0 spiro atoms. The van der Waals surface area contributed by atoms with E-state index in [2.05, 4.69) is 41.5 Å². The molecule has 0 fully saturated rings. The second-order valence-electron chi connectivity index (χ2n) is 5.40. The first kappa shape index (κ1) is 15.5. The van der Waals surface area contributed by atoms with Crippen LogP contribution in [0.2, 0.25) is 0 Å². The van der Waals surface area contributed by atoms with Gasteiger partial charge in [-0.25, -0.2) is 0 Å². The zero-order valence-corrected chi connectivity index (χ0v) is 13.0. The summed E-state index contributed by atoms with van der Waals surface area (Å²) in [6.45, 7) is 7.24. The Balaban J connectivity index is 2.20. The number of nitrogens with zero attached hydrogens (tertiary/aromatic N) is 1. The van der Waals surface area contributed by atoms with Gasteiger partial charge in [0.05, 0.1) is 12.1 Å². The van der Waals surface area contributed by atoms with Crippen molar-refractivity contribution >= 4 is 0 Å². The molecule has 0 aliphatic carbocycles. The van der Waals surface area contributed by atoms with Crippen LogP contribution in [0, 0.1) is 0 Å². The molecule has 1 heterocycles. The van der Waals surface area contributed by atoms with Gasteiger partial charge in [-0.3, -0.25) is 4.98 Å². The van der Waals surface area contributed by atoms with Gasteiger partial charge in [0.2, 0.25) is 0 Å². The van der Waals surface area contributed by atoms with Gasteiger partial charge in [-0.05, 0) is 62.2 Å². The molecule has 1 aromatic carbocycles. The minimum atomic E-state index is 0.195. The number of benzene rings is 1. The predicted octanol–water partition coefficient (Wildman–Crippen LogP) is 3.96. The van der Waals surface area contributed by atoms with E-state index in [9.17, 15) is 0 Å². The van der Waals surface area contributed by atoms with E-state index < -0.39 is 0 Å². The highest BCUT2D eigenvalue weighted by Crippen LogP contribution is 2.24. The molecule has 1 atom stereocenters. The molecule has 1 unspecified atom stereocenters. The van der Waals surface area contributed by atoms with Gasteiger partial charge in [0, 0.05) is 12.4 Å². The average Bonchev–Trinajstić information content (AvgIpc) is 2.50. The van der Waals surface area contributed by atoms with Crippen molar-refractivity contribution in [1.82, 2.24) is 10.3 Å². The Morgan fingerprint density at radius 1 is 1.00 bits per heavy atom. The van der Waals surface area contributed by atoms with Crippen LogP contribution in [0.15, 0.2) is 48.8 Å². The fourth-order valence-electron chi connectivity index (χ4n) is 2.28. The van der Waals surface area contributed by atoms with Gasteiger partial charge in [-0.1, -0.05) is 19.1 Å². The lowest BCUT2D eigenvalue weighted by Gasteiger charge is -2.20. The summed E-state index contributed by atoms with van der Waals surface area (Å²) >= 11 is 0. The van der Waals surface area contributed by atoms with E-state index in [0.717, 1.165) is 18.7 Å². The van der Waals surface area contributed by atoms with Crippen molar-refractivity contribution in [1.29, 1.82) is 0 Å². The molecule has 0 saturated carbocycles. The molecule has 3 heteroatoms. The smallest absolute Gasteiger partial charge is 0.119 e. The van der Waals surface area contributed by atoms with E-state index >= 15 is 0 Å². The van der Waals surface area contributed by atoms with Crippen molar-refractivity contribution in [3.63, 3.8) is 0 Å². The summed E-state index contributed by atoms with van der Waals surface area (Å²) in [5.74, 6) is 0.915. The zero-order valence-electron chi connectivity index (χ0n) is 13.0. The number of hydrogen-bond acceptors (Lipinski definition) is 3. The number of hydrogen-bond donors (Lipinski definition) is 1. The number of pyridine rings is 1. The van der Waals surface area contributed by atoms with Crippen LogP contribution in [0.3, 0.4) is 0 Å². The van der Waals surface area contributed by atoms with Gasteiger partial charge in [-0.15, -0.1) is 0 Å². The van der Waals surface area contributed by atoms with Gasteiger partial charge in [0.1, 0.15) is 5.75 Å². The molecular formula is C18H24N2O. The highest BCUT2D eigenvalue weighted by molar-refractivity contribution is 5.34. The first-order chi connectivity index (χ1) is 10.2. The molecule has 0 saturated heterocycles. The van der Waals surface area contributed by atoms with Crippen molar-refractivity contribution in [3.05, 3.63) is 59.9 Å². The van der Waals surface area contributed by atoms with Crippen LogP contribution in [0.1, 0.15) is 44.4 Å². The molecule has 0 aliphatic rings. The number of aromatic nitrogens is 1. The molecule has 3 nitrogen and oxygen atoms in total. The van der Waals surface area contributed by atoms with E-state index in [1.807, 2.05) is 38.4 Å². The van der Waals surface area contributed by atoms with Crippen molar-refractivity contribution < 1.29 is 4.74 Å². The lowest BCUT2D eigenvalue weighted by Crippen LogP contribution is -2.23. The Labute approximate surface area is 127 Å². The lowest BCUT2D eigenvalue weighted by molar-refractivity contribution is 0.242. The van der Waals surface area contributed by atoms with E-state index in [1.54, 1.807) is 0 Å². The maximum atomic E-state index is 5.71. The van der Waals surface area contributed by atoms with Gasteiger partial charge >= 0.3 is 0 Å². The highest BCUT2D eigenvalue weighted by atomic mass is 16.5. The van der Waals surface area contributed by atoms with E-state index in [-0.39, 0.29) is 12.1 Å². The third kappa shape index (κ3) is 4.57. The summed E-state index contributed by atoms with van der Waals surface area (Å²) in [7, 11) is 0. The van der Waals surface area contributed by atoms with Crippen LogP contribution in [0.25, 0.3) is 0 Å². The average molecular weight is 284 g/mol. The molecule has 2 aromatic rings. The number of rotatable bonds is 7. The highest BCUT2D eigenvalue weighted by Gasteiger charge is 2.13. The third-order valence-corrected chi connectivity index (χ3v) is 3.22. The normalized spacial score (nSPS) is 12.4. The summed E-state index contributed by atoms with van der Waals surface area (Å²) in [6.07, 6.45) is 4.99. The number of nitrogens with one attached hydrogen (secondary N) is 1. The van der Waals surface area contributed by atoms with Gasteiger partial charge in [0.25, 0.3) is 0 Å². The fraction of sp³-hybridized carbons (Fsp3) is 0.389. The fourth-order valence-corrected chi connectivity index (χ4v) is 2.28. The summed E-state index contributed by atoms with van der Waals surface area (Å²) in [6, 6.07) is 12.7. The molecule has 21 heavy (non-hydrogen) atoms. The summed E-state index contributed by atoms with van der Waals surface area (Å²) in [5, 5.41) is 3.59. The summed E-state index contributed by atoms with van der Waals surface area (Å²) in [5.41, 5.74) is 2.47. The molecule has 112 valence electrons. The second-order valence-corrected chi connectivity index (χ2v) is 5.40. The maximum Gasteiger partial charge on any atom is 0.119 e. The molecule has 0 amide bonds. The molecule has 1 N–H and O–H groups in total. The van der Waals surface area contributed by atoms with E-state index in [0.29, 0.717) is 0 Å². The second kappa shape index (κ2) is 7.79. The van der Waals surface area contributed by atoms with Crippen LogP contribution in [0.5, 0.6) is 5.75 Å². The van der Waals surface area contributed by atoms with E-state index in [4.69, 9.17) is 4.74 Å². The van der Waals surface area contributed by atoms with Crippen LogP contribution in [-0.4, -0.2) is 17.6 Å². The molecule has 0 radical (unpaired) electrons. The van der Waals surface area contributed by atoms with Crippen molar-refractivity contribution in [2.45, 2.75) is 39.3 Å². The minimum absolute atomic E-state index is 0.195. The van der Waals surface area contributed by atoms with Crippen molar-refractivity contribution in [2.75, 3.05) is 6.54 Å².